The summed E-state index contributed by atoms with van der Waals surface area (Å²) in [5, 5.41) is 5.58. The number of benzene rings is 1. The fourth-order valence-corrected chi connectivity index (χ4v) is 0.985. The molecule has 0 atom stereocenters. The maximum Gasteiger partial charge on any atom is 0.325 e. The molecule has 0 fully saturated rings. The number of urea groups is 1. The van der Waals surface area contributed by atoms with E-state index in [9.17, 15) is 4.79 Å². The van der Waals surface area contributed by atoms with Crippen molar-refractivity contribution in [3.8, 4) is 0 Å². The van der Waals surface area contributed by atoms with Gasteiger partial charge in [0.2, 0.25) is 0 Å². The van der Waals surface area contributed by atoms with Crippen LogP contribution in [0.25, 0.3) is 0 Å². The summed E-state index contributed by atoms with van der Waals surface area (Å²) in [5.74, 6) is 0. The summed E-state index contributed by atoms with van der Waals surface area (Å²) in [6.45, 7) is 0. The summed E-state index contributed by atoms with van der Waals surface area (Å²) in [7, 11) is 3.54. The number of rotatable bonds is 1. The first kappa shape index (κ1) is 11.5. The molecule has 80 valence electrons. The molecule has 0 bridgehead atoms. The summed E-state index contributed by atoms with van der Waals surface area (Å²) < 4.78 is 0. The monoisotopic (exact) mass is 223 g/mol. The van der Waals surface area contributed by atoms with Gasteiger partial charge in [0.25, 0.3) is 0 Å². The molecular weight excluding hydrogens is 210 g/mol. The van der Waals surface area contributed by atoms with Crippen molar-refractivity contribution < 1.29 is 4.79 Å². The Bertz CT molecular complexity index is 351. The minimum atomic E-state index is -0.333. The average molecular weight is 223 g/mol. The lowest BCUT2D eigenvalue weighted by Gasteiger charge is -2.14. The van der Waals surface area contributed by atoms with Crippen LogP contribution in [0, 0.1) is 0 Å². The van der Waals surface area contributed by atoms with Crippen molar-refractivity contribution in [2.24, 2.45) is 0 Å². The molecule has 5 heteroatoms. The molecule has 0 aliphatic heterocycles. The van der Waals surface area contributed by atoms with E-state index in [1.165, 1.54) is 0 Å². The zero-order valence-electron chi connectivity index (χ0n) is 8.65. The van der Waals surface area contributed by atoms with Gasteiger partial charge in [-0.25, -0.2) is 4.79 Å². The Labute approximate surface area is 94.3 Å². The summed E-state index contributed by atoms with van der Waals surface area (Å²) in [6, 6.07) is 8.85. The number of para-hydroxylation sites is 1. The van der Waals surface area contributed by atoms with Gasteiger partial charge in [-0.05, 0) is 24.4 Å². The number of carbonyl (C=O) groups excluding carboxylic acids is 1. The van der Waals surface area contributed by atoms with Crippen LogP contribution >= 0.6 is 12.2 Å². The highest BCUT2D eigenvalue weighted by Gasteiger charge is 2.04. The molecule has 2 N–H and O–H groups in total. The molecule has 0 heterocycles. The van der Waals surface area contributed by atoms with Gasteiger partial charge in [-0.3, -0.25) is 5.32 Å². The van der Waals surface area contributed by atoms with Crippen LogP contribution in [-0.4, -0.2) is 30.1 Å². The average Bonchev–Trinajstić information content (AvgIpc) is 2.18. The van der Waals surface area contributed by atoms with E-state index in [-0.39, 0.29) is 6.03 Å². The lowest BCUT2D eigenvalue weighted by atomic mass is 10.3. The first-order chi connectivity index (χ1) is 7.09. The maximum atomic E-state index is 11.4. The topological polar surface area (TPSA) is 44.4 Å². The third-order valence-electron chi connectivity index (χ3n) is 1.66. The van der Waals surface area contributed by atoms with E-state index in [4.69, 9.17) is 12.2 Å². The lowest BCUT2D eigenvalue weighted by Crippen LogP contribution is -2.40. The Morgan fingerprint density at radius 2 is 1.87 bits per heavy atom. The molecule has 4 nitrogen and oxygen atoms in total. The molecular formula is C10H13N3OS. The van der Waals surface area contributed by atoms with E-state index in [0.29, 0.717) is 5.11 Å². The van der Waals surface area contributed by atoms with Crippen LogP contribution in [0.15, 0.2) is 30.3 Å². The van der Waals surface area contributed by atoms with Gasteiger partial charge >= 0.3 is 6.03 Å². The highest BCUT2D eigenvalue weighted by Crippen LogP contribution is 2.03. The number of hydrogen-bond donors (Lipinski definition) is 2. The molecule has 0 saturated carbocycles. The number of nitrogens with one attached hydrogen (secondary N) is 2. The Kier molecular flexibility index (Phi) is 4.05. The van der Waals surface area contributed by atoms with Crippen LogP contribution in [0.4, 0.5) is 10.5 Å². The molecule has 1 aromatic carbocycles. The SMILES string of the molecule is CN(C)C(=S)NC(=O)Nc1ccccc1. The second-order valence-electron chi connectivity index (χ2n) is 3.14. The summed E-state index contributed by atoms with van der Waals surface area (Å²) in [5.41, 5.74) is 0.733. The first-order valence-electron chi connectivity index (χ1n) is 4.44. The zero-order valence-corrected chi connectivity index (χ0v) is 9.47. The zero-order chi connectivity index (χ0) is 11.3. The van der Waals surface area contributed by atoms with Crippen LogP contribution in [0.2, 0.25) is 0 Å². The second-order valence-corrected chi connectivity index (χ2v) is 3.53. The van der Waals surface area contributed by atoms with Crippen molar-refractivity contribution in [2.45, 2.75) is 0 Å². The van der Waals surface area contributed by atoms with Gasteiger partial charge in [-0.2, -0.15) is 0 Å². The predicted molar refractivity (Wildman–Crippen MR) is 64.9 cm³/mol. The van der Waals surface area contributed by atoms with Crippen LogP contribution in [0.3, 0.4) is 0 Å². The van der Waals surface area contributed by atoms with Gasteiger partial charge in [0.1, 0.15) is 0 Å². The highest BCUT2D eigenvalue weighted by molar-refractivity contribution is 7.80. The standard InChI is InChI=1S/C10H13N3OS/c1-13(2)10(15)12-9(14)11-8-6-4-3-5-7-8/h3-7H,1-2H3,(H2,11,12,14,15). The highest BCUT2D eigenvalue weighted by atomic mass is 32.1. The van der Waals surface area contributed by atoms with Gasteiger partial charge in [0.15, 0.2) is 5.11 Å². The maximum absolute atomic E-state index is 11.4. The van der Waals surface area contributed by atoms with Gasteiger partial charge < -0.3 is 10.2 Å². The smallest absolute Gasteiger partial charge is 0.325 e. The van der Waals surface area contributed by atoms with E-state index in [1.807, 2.05) is 18.2 Å². The second kappa shape index (κ2) is 5.31. The molecule has 0 aliphatic rings. The molecule has 0 aromatic heterocycles. The Morgan fingerprint density at radius 1 is 1.27 bits per heavy atom. The fourth-order valence-electron chi connectivity index (χ4n) is 0.893. The van der Waals surface area contributed by atoms with Crippen molar-refractivity contribution in [1.82, 2.24) is 10.2 Å². The fraction of sp³-hybridized carbons (Fsp3) is 0.200. The number of nitrogens with zero attached hydrogens (tertiary/aromatic N) is 1. The number of amides is 2. The quantitative estimate of drug-likeness (QED) is 0.712. The predicted octanol–water partition coefficient (Wildman–Crippen LogP) is 1.65. The van der Waals surface area contributed by atoms with Gasteiger partial charge in [0, 0.05) is 19.8 Å². The third kappa shape index (κ3) is 3.95. The summed E-state index contributed by atoms with van der Waals surface area (Å²) in [6.07, 6.45) is 0. The van der Waals surface area contributed by atoms with Crippen LogP contribution in [-0.2, 0) is 0 Å². The number of carbonyl (C=O) groups is 1. The number of hydrogen-bond acceptors (Lipinski definition) is 2. The lowest BCUT2D eigenvalue weighted by molar-refractivity contribution is 0.255. The Hall–Kier alpha value is -1.62. The van der Waals surface area contributed by atoms with Crippen molar-refractivity contribution in [1.29, 1.82) is 0 Å². The van der Waals surface area contributed by atoms with Crippen LogP contribution in [0.5, 0.6) is 0 Å². The molecule has 1 rings (SSSR count). The molecule has 0 unspecified atom stereocenters. The van der Waals surface area contributed by atoms with Crippen LogP contribution in [0.1, 0.15) is 0 Å². The molecule has 15 heavy (non-hydrogen) atoms. The van der Waals surface area contributed by atoms with Gasteiger partial charge in [-0.15, -0.1) is 0 Å². The molecule has 0 saturated heterocycles. The van der Waals surface area contributed by atoms with E-state index in [1.54, 1.807) is 31.1 Å². The van der Waals surface area contributed by atoms with E-state index in [0.717, 1.165) is 5.69 Å². The minimum Gasteiger partial charge on any atom is -0.355 e. The molecule has 1 aromatic rings. The van der Waals surface area contributed by atoms with Crippen molar-refractivity contribution in [3.05, 3.63) is 30.3 Å². The van der Waals surface area contributed by atoms with Gasteiger partial charge in [0.05, 0.1) is 0 Å². The van der Waals surface area contributed by atoms with Crippen molar-refractivity contribution in [2.75, 3.05) is 19.4 Å². The van der Waals surface area contributed by atoms with E-state index in [2.05, 4.69) is 10.6 Å². The minimum absolute atomic E-state index is 0.333. The summed E-state index contributed by atoms with van der Waals surface area (Å²) in [4.78, 5) is 13.0. The first-order valence-corrected chi connectivity index (χ1v) is 4.85. The molecule has 0 spiro atoms. The Balaban J connectivity index is 2.47. The van der Waals surface area contributed by atoms with Crippen molar-refractivity contribution in [3.63, 3.8) is 0 Å². The molecule has 0 aliphatic carbocycles. The largest absolute Gasteiger partial charge is 0.355 e. The summed E-state index contributed by atoms with van der Waals surface area (Å²) >= 11 is 4.92. The van der Waals surface area contributed by atoms with E-state index < -0.39 is 0 Å². The third-order valence-corrected chi connectivity index (χ3v) is 2.13. The Morgan fingerprint density at radius 3 is 2.40 bits per heavy atom. The van der Waals surface area contributed by atoms with Gasteiger partial charge in [-0.1, -0.05) is 18.2 Å². The number of thiocarbonyl (C=S) groups is 1. The number of anilines is 1. The van der Waals surface area contributed by atoms with E-state index >= 15 is 0 Å². The normalized spacial score (nSPS) is 9.20. The van der Waals surface area contributed by atoms with Crippen LogP contribution < -0.4 is 10.6 Å². The molecule has 2 amide bonds. The molecule has 0 radical (unpaired) electrons. The van der Waals surface area contributed by atoms with Crippen molar-refractivity contribution >= 4 is 29.0 Å².